The molecular formula is C12H10F3NO3S. The fraction of sp³-hybridized carbons (Fsp3) is 0.333. The minimum Gasteiger partial charge on any atom is -0.462 e. The molecule has 0 amide bonds. The molecule has 0 aliphatic carbocycles. The molecule has 0 fully saturated rings. The van der Waals surface area contributed by atoms with Gasteiger partial charge in [-0.3, -0.25) is 0 Å². The maximum atomic E-state index is 12.5. The molecule has 8 heteroatoms. The molecule has 108 valence electrons. The van der Waals surface area contributed by atoms with E-state index in [4.69, 9.17) is 10.4 Å². The van der Waals surface area contributed by atoms with E-state index in [0.717, 1.165) is 12.1 Å². The Bertz CT molecular complexity index is 552. The van der Waals surface area contributed by atoms with Crippen LogP contribution in [0.5, 0.6) is 0 Å². The highest BCUT2D eigenvalue weighted by Gasteiger charge is 2.32. The summed E-state index contributed by atoms with van der Waals surface area (Å²) in [5.41, 5.74) is -4.97. The second-order valence-corrected chi connectivity index (χ2v) is 4.65. The van der Waals surface area contributed by atoms with Crippen LogP contribution in [-0.2, 0) is 11.3 Å². The summed E-state index contributed by atoms with van der Waals surface area (Å²) in [6.07, 6.45) is 0. The van der Waals surface area contributed by atoms with Crippen molar-refractivity contribution in [2.24, 2.45) is 0 Å². The lowest BCUT2D eigenvalue weighted by molar-refractivity contribution is -0.0328. The van der Waals surface area contributed by atoms with E-state index in [9.17, 15) is 18.0 Å². The van der Waals surface area contributed by atoms with Gasteiger partial charge in [0, 0.05) is 4.90 Å². The third-order valence-corrected chi connectivity index (χ3v) is 3.01. The molecule has 0 heterocycles. The smallest absolute Gasteiger partial charge is 0.446 e. The van der Waals surface area contributed by atoms with Crippen LogP contribution in [0.2, 0.25) is 0 Å². The van der Waals surface area contributed by atoms with Crippen molar-refractivity contribution in [3.8, 4) is 6.07 Å². The van der Waals surface area contributed by atoms with Crippen LogP contribution in [0.1, 0.15) is 28.4 Å². The SMILES string of the molecule is CCOC(=O)c1cc(CO)c(C#N)cc1SC(F)(F)F. The Balaban J connectivity index is 3.37. The maximum Gasteiger partial charge on any atom is 0.446 e. The number of aliphatic hydroxyl groups is 1. The summed E-state index contributed by atoms with van der Waals surface area (Å²) < 4.78 is 42.1. The Morgan fingerprint density at radius 2 is 2.15 bits per heavy atom. The molecule has 0 spiro atoms. The van der Waals surface area contributed by atoms with Gasteiger partial charge in [0.15, 0.2) is 0 Å². The number of esters is 1. The van der Waals surface area contributed by atoms with Crippen LogP contribution in [0, 0.1) is 11.3 Å². The van der Waals surface area contributed by atoms with Gasteiger partial charge in [-0.05, 0) is 36.4 Å². The molecule has 1 aromatic rings. The number of carbonyl (C=O) groups is 1. The molecule has 4 nitrogen and oxygen atoms in total. The van der Waals surface area contributed by atoms with Gasteiger partial charge in [0.05, 0.1) is 30.4 Å². The summed E-state index contributed by atoms with van der Waals surface area (Å²) in [6.45, 7) is 0.959. The van der Waals surface area contributed by atoms with Gasteiger partial charge >= 0.3 is 11.5 Å². The average molecular weight is 305 g/mol. The molecule has 0 saturated carbocycles. The van der Waals surface area contributed by atoms with Crippen LogP contribution in [0.25, 0.3) is 0 Å². The zero-order chi connectivity index (χ0) is 15.3. The number of carbonyl (C=O) groups excluding carboxylic acids is 1. The molecule has 0 aromatic heterocycles. The zero-order valence-electron chi connectivity index (χ0n) is 10.3. The van der Waals surface area contributed by atoms with Crippen LogP contribution in [0.4, 0.5) is 13.2 Å². The van der Waals surface area contributed by atoms with Crippen molar-refractivity contribution in [2.45, 2.75) is 23.9 Å². The van der Waals surface area contributed by atoms with E-state index < -0.39 is 34.7 Å². The Morgan fingerprint density at radius 1 is 1.50 bits per heavy atom. The number of nitriles is 1. The molecule has 0 aliphatic rings. The summed E-state index contributed by atoms with van der Waals surface area (Å²) in [4.78, 5) is 11.2. The van der Waals surface area contributed by atoms with Gasteiger partial charge < -0.3 is 9.84 Å². The van der Waals surface area contributed by atoms with Gasteiger partial charge in [-0.1, -0.05) is 0 Å². The van der Waals surface area contributed by atoms with E-state index in [-0.39, 0.29) is 23.3 Å². The van der Waals surface area contributed by atoms with Crippen molar-refractivity contribution in [3.05, 3.63) is 28.8 Å². The molecule has 0 bridgehead atoms. The Morgan fingerprint density at radius 3 is 2.60 bits per heavy atom. The highest BCUT2D eigenvalue weighted by Crippen LogP contribution is 2.39. The molecule has 0 saturated heterocycles. The number of alkyl halides is 3. The first-order chi connectivity index (χ1) is 9.32. The van der Waals surface area contributed by atoms with Crippen molar-refractivity contribution in [1.82, 2.24) is 0 Å². The Hall–Kier alpha value is -1.72. The van der Waals surface area contributed by atoms with Gasteiger partial charge in [0.25, 0.3) is 0 Å². The topological polar surface area (TPSA) is 70.3 Å². The average Bonchev–Trinajstić information content (AvgIpc) is 2.36. The highest BCUT2D eigenvalue weighted by atomic mass is 32.2. The van der Waals surface area contributed by atoms with Gasteiger partial charge in [-0.15, -0.1) is 0 Å². The van der Waals surface area contributed by atoms with Crippen molar-refractivity contribution < 1.29 is 27.8 Å². The minimum absolute atomic E-state index is 0.00339. The third kappa shape index (κ3) is 4.15. The normalized spacial score (nSPS) is 11.0. The fourth-order valence-corrected chi connectivity index (χ4v) is 2.12. The first kappa shape index (κ1) is 16.3. The molecule has 1 aromatic carbocycles. The van der Waals surface area contributed by atoms with Crippen LogP contribution in [-0.4, -0.2) is 23.2 Å². The number of benzene rings is 1. The van der Waals surface area contributed by atoms with Crippen molar-refractivity contribution in [3.63, 3.8) is 0 Å². The standard InChI is InChI=1S/C12H10F3NO3S/c1-2-19-11(18)9-3-8(6-17)7(5-16)4-10(9)20-12(13,14)15/h3-4,17H,2,6H2,1H3. The summed E-state index contributed by atoms with van der Waals surface area (Å²) in [5, 5.41) is 17.9. The molecule has 0 atom stereocenters. The van der Waals surface area contributed by atoms with Gasteiger partial charge in [-0.2, -0.15) is 18.4 Å². The lowest BCUT2D eigenvalue weighted by Crippen LogP contribution is -2.10. The number of thioether (sulfide) groups is 1. The predicted octanol–water partition coefficient (Wildman–Crippen LogP) is 2.84. The van der Waals surface area contributed by atoms with E-state index in [1.807, 2.05) is 0 Å². The van der Waals surface area contributed by atoms with Crippen molar-refractivity contribution in [2.75, 3.05) is 6.61 Å². The molecule has 0 unspecified atom stereocenters. The third-order valence-electron chi connectivity index (χ3n) is 2.22. The quantitative estimate of drug-likeness (QED) is 0.684. The van der Waals surface area contributed by atoms with E-state index in [1.54, 1.807) is 6.07 Å². The van der Waals surface area contributed by atoms with Crippen LogP contribution in [0.3, 0.4) is 0 Å². The number of rotatable bonds is 4. The number of hydrogen-bond acceptors (Lipinski definition) is 5. The zero-order valence-corrected chi connectivity index (χ0v) is 11.1. The van der Waals surface area contributed by atoms with E-state index >= 15 is 0 Å². The van der Waals surface area contributed by atoms with Crippen molar-refractivity contribution >= 4 is 17.7 Å². The molecule has 20 heavy (non-hydrogen) atoms. The lowest BCUT2D eigenvalue weighted by Gasteiger charge is -2.12. The van der Waals surface area contributed by atoms with E-state index in [2.05, 4.69) is 4.74 Å². The first-order valence-corrected chi connectivity index (χ1v) is 6.24. The number of hydrogen-bond donors (Lipinski definition) is 1. The monoisotopic (exact) mass is 305 g/mol. The lowest BCUT2D eigenvalue weighted by atomic mass is 10.1. The van der Waals surface area contributed by atoms with Crippen LogP contribution in [0.15, 0.2) is 17.0 Å². The molecule has 1 N–H and O–H groups in total. The summed E-state index contributed by atoms with van der Waals surface area (Å²) in [5.74, 6) is -0.932. The molecule has 0 radical (unpaired) electrons. The second-order valence-electron chi connectivity index (χ2n) is 3.54. The first-order valence-electron chi connectivity index (χ1n) is 5.43. The van der Waals surface area contributed by atoms with Crippen LogP contribution < -0.4 is 0 Å². The van der Waals surface area contributed by atoms with E-state index in [0.29, 0.717) is 0 Å². The molecular weight excluding hydrogens is 295 g/mol. The maximum absolute atomic E-state index is 12.5. The summed E-state index contributed by atoms with van der Waals surface area (Å²) >= 11 is -0.503. The predicted molar refractivity (Wildman–Crippen MR) is 64.9 cm³/mol. The van der Waals surface area contributed by atoms with Crippen LogP contribution >= 0.6 is 11.8 Å². The summed E-state index contributed by atoms with van der Waals surface area (Å²) in [6, 6.07) is 3.65. The number of ether oxygens (including phenoxy) is 1. The van der Waals surface area contributed by atoms with Gasteiger partial charge in [-0.25, -0.2) is 4.79 Å². The largest absolute Gasteiger partial charge is 0.462 e. The number of aliphatic hydroxyl groups excluding tert-OH is 1. The Kier molecular flexibility index (Phi) is 5.42. The Labute approximate surface area is 117 Å². The fourth-order valence-electron chi connectivity index (χ4n) is 1.44. The highest BCUT2D eigenvalue weighted by molar-refractivity contribution is 8.00. The number of nitrogens with zero attached hydrogens (tertiary/aromatic N) is 1. The van der Waals surface area contributed by atoms with Gasteiger partial charge in [0.1, 0.15) is 0 Å². The van der Waals surface area contributed by atoms with Crippen molar-refractivity contribution in [1.29, 1.82) is 5.26 Å². The molecule has 1 rings (SSSR count). The number of halogens is 3. The summed E-state index contributed by atoms with van der Waals surface area (Å²) in [7, 11) is 0. The van der Waals surface area contributed by atoms with E-state index in [1.165, 1.54) is 6.92 Å². The van der Waals surface area contributed by atoms with Gasteiger partial charge in [0.2, 0.25) is 0 Å². The molecule has 0 aliphatic heterocycles. The second kappa shape index (κ2) is 6.63. The minimum atomic E-state index is -4.60.